The Balaban J connectivity index is 1.48. The minimum absolute atomic E-state index is 0.349. The van der Waals surface area contributed by atoms with Crippen LogP contribution in [0.3, 0.4) is 0 Å². The molecule has 46 heavy (non-hydrogen) atoms. The number of hydrogen-bond acceptors (Lipinski definition) is 3. The summed E-state index contributed by atoms with van der Waals surface area (Å²) in [5, 5.41) is 19.5. The SMILES string of the molecule is [C-]#[N+]/N=c1/c2cc(-c3cccc(C(F)(F)F)c3)ccc2c2cc3c(=NC#N)c4cc(-c5cccc(C(F)(F)F)c5)ccc4c3cc12. The molecule has 0 spiro atoms. The van der Waals surface area contributed by atoms with Crippen LogP contribution in [0.1, 0.15) is 11.1 Å². The van der Waals surface area contributed by atoms with E-state index in [-0.39, 0.29) is 0 Å². The summed E-state index contributed by atoms with van der Waals surface area (Å²) in [7, 11) is 0. The maximum Gasteiger partial charge on any atom is 0.416 e. The Kier molecular flexibility index (Phi) is 6.43. The van der Waals surface area contributed by atoms with Gasteiger partial charge >= 0.3 is 12.4 Å². The molecule has 0 N–H and O–H groups in total. The summed E-state index contributed by atoms with van der Waals surface area (Å²) in [5.41, 5.74) is 0.175. The minimum Gasteiger partial charge on any atom is -0.181 e. The van der Waals surface area contributed by atoms with Gasteiger partial charge in [0.05, 0.1) is 21.6 Å². The summed E-state index contributed by atoms with van der Waals surface area (Å²) in [6.45, 7) is 7.47. The molecule has 7 aromatic carbocycles. The topological polar surface area (TPSA) is 52.9 Å². The molecule has 0 aliphatic carbocycles. The van der Waals surface area contributed by atoms with E-state index in [1.165, 1.54) is 12.1 Å². The van der Waals surface area contributed by atoms with Gasteiger partial charge in [-0.3, -0.25) is 0 Å². The quantitative estimate of drug-likeness (QED) is 0.0824. The predicted molar refractivity (Wildman–Crippen MR) is 163 cm³/mol. The lowest BCUT2D eigenvalue weighted by Gasteiger charge is -2.09. The van der Waals surface area contributed by atoms with E-state index in [1.54, 1.807) is 48.5 Å². The molecule has 0 bridgehead atoms. The summed E-state index contributed by atoms with van der Waals surface area (Å²) in [4.78, 5) is 7.35. The molecule has 10 heteroatoms. The number of alkyl halides is 6. The smallest absolute Gasteiger partial charge is 0.181 e. The number of hydrogen-bond donors (Lipinski definition) is 0. The first-order valence-corrected chi connectivity index (χ1v) is 13.7. The van der Waals surface area contributed by atoms with Crippen molar-refractivity contribution in [3.8, 4) is 28.4 Å². The highest BCUT2D eigenvalue weighted by Crippen LogP contribution is 2.37. The van der Waals surface area contributed by atoms with Crippen LogP contribution < -0.4 is 10.7 Å². The largest absolute Gasteiger partial charge is 0.416 e. The molecule has 0 radical (unpaired) electrons. The van der Waals surface area contributed by atoms with E-state index >= 15 is 0 Å². The average Bonchev–Trinajstić information content (AvgIpc) is 3.50. The van der Waals surface area contributed by atoms with Crippen molar-refractivity contribution < 1.29 is 26.3 Å². The van der Waals surface area contributed by atoms with Crippen molar-refractivity contribution in [1.29, 1.82) is 5.26 Å². The van der Waals surface area contributed by atoms with Gasteiger partial charge in [0.25, 0.3) is 0 Å². The zero-order valence-corrected chi connectivity index (χ0v) is 23.3. The standard InChI is InChI=1S/C36H16F6N4/c1-44-46-34-30-15-22(20-5-3-7-24(13-20)36(40,41)42)9-11-26(30)28-16-31-27(17-32(28)34)25-10-8-21(14-29(25)33(31)45-18-43)19-4-2-6-23(12-19)35(37,38)39/h2-17H/b45-33?,46-34-. The lowest BCUT2D eigenvalue weighted by atomic mass is 10.0. The zero-order valence-electron chi connectivity index (χ0n) is 23.3. The Hall–Kier alpha value is -6.00. The van der Waals surface area contributed by atoms with E-state index in [9.17, 15) is 31.6 Å². The first-order valence-electron chi connectivity index (χ1n) is 13.7. The molecular formula is C36H16F6N4. The summed E-state index contributed by atoms with van der Waals surface area (Å²) in [6, 6.07) is 24.0. The van der Waals surface area contributed by atoms with Gasteiger partial charge in [0.1, 0.15) is 0 Å². The molecule has 0 saturated heterocycles. The van der Waals surface area contributed by atoms with E-state index in [4.69, 9.17) is 6.57 Å². The van der Waals surface area contributed by atoms with E-state index in [2.05, 4.69) is 15.0 Å². The van der Waals surface area contributed by atoms with Crippen LogP contribution in [0.25, 0.3) is 70.3 Å². The van der Waals surface area contributed by atoms with Gasteiger partial charge < -0.3 is 0 Å². The van der Waals surface area contributed by atoms with Gasteiger partial charge in [-0.15, -0.1) is 4.95 Å². The Bertz CT molecular complexity index is 2410. The normalized spacial score (nSPS) is 13.2. The van der Waals surface area contributed by atoms with Crippen LogP contribution in [0.15, 0.2) is 107 Å². The molecule has 0 aromatic heterocycles. The van der Waals surface area contributed by atoms with Crippen molar-refractivity contribution in [3.05, 3.63) is 130 Å². The van der Waals surface area contributed by atoms with Gasteiger partial charge in [0.15, 0.2) is 5.36 Å². The van der Waals surface area contributed by atoms with Crippen molar-refractivity contribution in [2.75, 3.05) is 0 Å². The number of rotatable bonds is 2. The highest BCUT2D eigenvalue weighted by atomic mass is 19.4. The number of nitrogens with zero attached hydrogens (tertiary/aromatic N) is 4. The third-order valence-electron chi connectivity index (χ3n) is 8.16. The van der Waals surface area contributed by atoms with Crippen molar-refractivity contribution in [2.45, 2.75) is 12.4 Å². The summed E-state index contributed by atoms with van der Waals surface area (Å²) < 4.78 is 80.4. The Labute approximate surface area is 255 Å². The fourth-order valence-corrected chi connectivity index (χ4v) is 6.11. The van der Waals surface area contributed by atoms with Crippen molar-refractivity contribution in [1.82, 2.24) is 0 Å². The van der Waals surface area contributed by atoms with Gasteiger partial charge in [-0.2, -0.15) is 43.2 Å². The molecule has 222 valence electrons. The van der Waals surface area contributed by atoms with Crippen molar-refractivity contribution >= 4 is 43.1 Å². The molecule has 0 unspecified atom stereocenters. The summed E-state index contributed by atoms with van der Waals surface area (Å²) in [6.07, 6.45) is -7.18. The first kappa shape index (κ1) is 28.8. The van der Waals surface area contributed by atoms with Crippen molar-refractivity contribution in [2.24, 2.45) is 10.1 Å². The number of benzene rings is 5. The molecule has 0 saturated carbocycles. The van der Waals surface area contributed by atoms with Crippen molar-refractivity contribution in [3.63, 3.8) is 0 Å². The Morgan fingerprint density at radius 3 is 1.41 bits per heavy atom. The maximum atomic E-state index is 13.4. The molecule has 0 atom stereocenters. The second kappa shape index (κ2) is 10.3. The van der Waals surface area contributed by atoms with E-state index in [0.29, 0.717) is 76.1 Å². The second-order valence-electron chi connectivity index (χ2n) is 10.7. The van der Waals surface area contributed by atoms with Crippen LogP contribution in [0.2, 0.25) is 0 Å². The third-order valence-corrected chi connectivity index (χ3v) is 8.16. The fourth-order valence-electron chi connectivity index (χ4n) is 6.11. The highest BCUT2D eigenvalue weighted by Gasteiger charge is 2.31. The molecular weight excluding hydrogens is 602 g/mol. The van der Waals surface area contributed by atoms with Crippen LogP contribution in [-0.4, -0.2) is 0 Å². The molecule has 0 aliphatic rings. The Morgan fingerprint density at radius 2 is 0.957 bits per heavy atom. The number of nitriles is 1. The first-order chi connectivity index (χ1) is 22.0. The van der Waals surface area contributed by atoms with Gasteiger partial charge in [-0.05, 0) is 92.3 Å². The zero-order chi connectivity index (χ0) is 32.4. The highest BCUT2D eigenvalue weighted by molar-refractivity contribution is 6.21. The average molecular weight is 619 g/mol. The van der Waals surface area contributed by atoms with Crippen LogP contribution >= 0.6 is 0 Å². The van der Waals surface area contributed by atoms with Crippen LogP contribution in [0, 0.1) is 18.0 Å². The third kappa shape index (κ3) is 4.63. The van der Waals surface area contributed by atoms with Crippen LogP contribution in [-0.2, 0) is 12.4 Å². The Morgan fingerprint density at radius 1 is 0.522 bits per heavy atom. The maximum absolute atomic E-state index is 13.4. The van der Waals surface area contributed by atoms with E-state index < -0.39 is 23.5 Å². The molecule has 0 aliphatic heterocycles. The lowest BCUT2D eigenvalue weighted by molar-refractivity contribution is -0.138. The summed E-state index contributed by atoms with van der Waals surface area (Å²) >= 11 is 0. The molecule has 7 aromatic rings. The van der Waals surface area contributed by atoms with Crippen LogP contribution in [0.4, 0.5) is 26.3 Å². The molecule has 7 rings (SSSR count). The van der Waals surface area contributed by atoms with E-state index in [1.807, 2.05) is 18.3 Å². The van der Waals surface area contributed by atoms with Crippen LogP contribution in [0.5, 0.6) is 0 Å². The van der Waals surface area contributed by atoms with E-state index in [0.717, 1.165) is 24.3 Å². The predicted octanol–water partition coefficient (Wildman–Crippen LogP) is 9.66. The molecule has 4 nitrogen and oxygen atoms in total. The van der Waals surface area contributed by atoms with Gasteiger partial charge in [0.2, 0.25) is 6.19 Å². The number of fused-ring (bicyclic) bond motifs is 6. The summed E-state index contributed by atoms with van der Waals surface area (Å²) in [5.74, 6) is 0. The lowest BCUT2D eigenvalue weighted by Crippen LogP contribution is -2.04. The molecule has 0 fully saturated rings. The monoisotopic (exact) mass is 618 g/mol. The van der Waals surface area contributed by atoms with Gasteiger partial charge in [0, 0.05) is 21.5 Å². The second-order valence-corrected chi connectivity index (χ2v) is 10.7. The van der Waals surface area contributed by atoms with Gasteiger partial charge in [-0.25, -0.2) is 0 Å². The molecule has 0 heterocycles. The minimum atomic E-state index is -4.51. The number of halogens is 6. The fraction of sp³-hybridized carbons (Fsp3) is 0.0556. The molecule has 0 amide bonds. The van der Waals surface area contributed by atoms with Gasteiger partial charge in [-0.1, -0.05) is 48.5 Å².